The molecule has 0 bridgehead atoms. The minimum atomic E-state index is 0.732. The van der Waals surface area contributed by atoms with Crippen LogP contribution in [-0.4, -0.2) is 9.55 Å². The Kier molecular flexibility index (Phi) is 3.60. The van der Waals surface area contributed by atoms with Crippen LogP contribution in [0, 0.1) is 6.92 Å². The average molecular weight is 300 g/mol. The minimum Gasteiger partial charge on any atom is -0.399 e. The molecule has 0 aliphatic heterocycles. The van der Waals surface area contributed by atoms with Crippen molar-refractivity contribution in [1.29, 1.82) is 0 Å². The molecular weight excluding hydrogens is 282 g/mol. The van der Waals surface area contributed by atoms with Crippen molar-refractivity contribution in [2.24, 2.45) is 0 Å². The van der Waals surface area contributed by atoms with Crippen LogP contribution in [0.1, 0.15) is 24.7 Å². The van der Waals surface area contributed by atoms with E-state index >= 15 is 0 Å². The molecule has 3 rings (SSSR count). The summed E-state index contributed by atoms with van der Waals surface area (Å²) < 4.78 is 2.19. The lowest BCUT2D eigenvalue weighted by molar-refractivity contribution is 0.816. The summed E-state index contributed by atoms with van der Waals surface area (Å²) in [6.07, 6.45) is 1.96. The van der Waals surface area contributed by atoms with E-state index in [0.717, 1.165) is 46.1 Å². The topological polar surface area (TPSA) is 43.8 Å². The fourth-order valence-electron chi connectivity index (χ4n) is 2.63. The number of aromatic nitrogens is 2. The molecular formula is C17H18ClN3. The summed E-state index contributed by atoms with van der Waals surface area (Å²) in [7, 11) is 0. The van der Waals surface area contributed by atoms with Gasteiger partial charge in [0.2, 0.25) is 0 Å². The summed E-state index contributed by atoms with van der Waals surface area (Å²) in [5.74, 6) is 1.04. The number of nitrogens with two attached hydrogens (primary N) is 1. The smallest absolute Gasteiger partial charge is 0.114 e. The molecule has 2 aromatic carbocycles. The summed E-state index contributed by atoms with van der Waals surface area (Å²) in [5, 5.41) is 0.732. The van der Waals surface area contributed by atoms with Crippen LogP contribution in [0.2, 0.25) is 5.02 Å². The molecule has 0 spiro atoms. The maximum atomic E-state index is 6.19. The van der Waals surface area contributed by atoms with Gasteiger partial charge in [0.05, 0.1) is 16.7 Å². The molecule has 0 radical (unpaired) electrons. The van der Waals surface area contributed by atoms with Gasteiger partial charge in [0.1, 0.15) is 5.82 Å². The normalized spacial score (nSPS) is 11.2. The molecule has 0 unspecified atom stereocenters. The van der Waals surface area contributed by atoms with Crippen molar-refractivity contribution in [1.82, 2.24) is 9.55 Å². The van der Waals surface area contributed by atoms with Gasteiger partial charge < -0.3 is 5.73 Å². The van der Waals surface area contributed by atoms with Crippen molar-refractivity contribution in [3.05, 3.63) is 52.8 Å². The average Bonchev–Trinajstić information content (AvgIpc) is 2.79. The van der Waals surface area contributed by atoms with Gasteiger partial charge in [-0.25, -0.2) is 4.98 Å². The van der Waals surface area contributed by atoms with Gasteiger partial charge in [-0.15, -0.1) is 0 Å². The SMILES string of the molecule is CCCc1nc2cc(N)ccc2n1-c1cc(Cl)ccc1C. The number of halogens is 1. The number of nitrogen functional groups attached to an aromatic ring is 1. The third-order valence-corrected chi connectivity index (χ3v) is 3.87. The molecule has 4 heteroatoms. The van der Waals surface area contributed by atoms with Crippen molar-refractivity contribution in [3.63, 3.8) is 0 Å². The first-order chi connectivity index (χ1) is 10.1. The maximum Gasteiger partial charge on any atom is 0.114 e. The first kappa shape index (κ1) is 14.0. The quantitative estimate of drug-likeness (QED) is 0.723. The van der Waals surface area contributed by atoms with E-state index in [1.54, 1.807) is 0 Å². The zero-order chi connectivity index (χ0) is 15.0. The fraction of sp³-hybridized carbons (Fsp3) is 0.235. The highest BCUT2D eigenvalue weighted by molar-refractivity contribution is 6.30. The first-order valence-corrected chi connectivity index (χ1v) is 7.51. The number of imidazole rings is 1. The highest BCUT2D eigenvalue weighted by Crippen LogP contribution is 2.27. The van der Waals surface area contributed by atoms with Crippen LogP contribution >= 0.6 is 11.6 Å². The highest BCUT2D eigenvalue weighted by Gasteiger charge is 2.14. The van der Waals surface area contributed by atoms with E-state index in [1.807, 2.05) is 36.4 Å². The lowest BCUT2D eigenvalue weighted by atomic mass is 10.2. The van der Waals surface area contributed by atoms with Crippen molar-refractivity contribution >= 4 is 28.3 Å². The highest BCUT2D eigenvalue weighted by atomic mass is 35.5. The molecule has 1 heterocycles. The third kappa shape index (κ3) is 2.49. The number of nitrogens with zero attached hydrogens (tertiary/aromatic N) is 2. The van der Waals surface area contributed by atoms with Gasteiger partial charge in [0.25, 0.3) is 0 Å². The van der Waals surface area contributed by atoms with E-state index in [2.05, 4.69) is 18.4 Å². The maximum absolute atomic E-state index is 6.19. The Balaban J connectivity index is 2.33. The Bertz CT molecular complexity index is 805. The fourth-order valence-corrected chi connectivity index (χ4v) is 2.80. The molecule has 0 saturated heterocycles. The predicted octanol–water partition coefficient (Wildman–Crippen LogP) is 4.52. The van der Waals surface area contributed by atoms with E-state index in [4.69, 9.17) is 22.3 Å². The molecule has 0 aliphatic carbocycles. The first-order valence-electron chi connectivity index (χ1n) is 7.13. The molecule has 0 saturated carbocycles. The van der Waals surface area contributed by atoms with Crippen molar-refractivity contribution in [3.8, 4) is 5.69 Å². The number of anilines is 1. The summed E-state index contributed by atoms with van der Waals surface area (Å²) in [6, 6.07) is 11.8. The van der Waals surface area contributed by atoms with Crippen LogP contribution in [0.3, 0.4) is 0 Å². The summed E-state index contributed by atoms with van der Waals surface area (Å²) in [5.41, 5.74) is 10.9. The Morgan fingerprint density at radius 3 is 2.76 bits per heavy atom. The van der Waals surface area contributed by atoms with Crippen LogP contribution in [0.15, 0.2) is 36.4 Å². The molecule has 21 heavy (non-hydrogen) atoms. The van der Waals surface area contributed by atoms with Crippen molar-refractivity contribution < 1.29 is 0 Å². The zero-order valence-corrected chi connectivity index (χ0v) is 13.0. The largest absolute Gasteiger partial charge is 0.399 e. The number of aryl methyl sites for hydroxylation is 2. The number of rotatable bonds is 3. The zero-order valence-electron chi connectivity index (χ0n) is 12.2. The van der Waals surface area contributed by atoms with E-state index in [0.29, 0.717) is 0 Å². The van der Waals surface area contributed by atoms with Crippen LogP contribution in [0.4, 0.5) is 5.69 Å². The number of hydrogen-bond donors (Lipinski definition) is 1. The molecule has 3 nitrogen and oxygen atoms in total. The van der Waals surface area contributed by atoms with Crippen LogP contribution < -0.4 is 5.73 Å². The van der Waals surface area contributed by atoms with E-state index in [-0.39, 0.29) is 0 Å². The Hall–Kier alpha value is -2.00. The van der Waals surface area contributed by atoms with Crippen LogP contribution in [-0.2, 0) is 6.42 Å². The van der Waals surface area contributed by atoms with Crippen molar-refractivity contribution in [2.45, 2.75) is 26.7 Å². The summed E-state index contributed by atoms with van der Waals surface area (Å²) >= 11 is 6.19. The van der Waals surface area contributed by atoms with Gasteiger partial charge in [0, 0.05) is 17.1 Å². The number of hydrogen-bond acceptors (Lipinski definition) is 2. The number of fused-ring (bicyclic) bond motifs is 1. The third-order valence-electron chi connectivity index (χ3n) is 3.63. The molecule has 0 atom stereocenters. The summed E-state index contributed by atoms with van der Waals surface area (Å²) in [6.45, 7) is 4.24. The van der Waals surface area contributed by atoms with Gasteiger partial charge in [0.15, 0.2) is 0 Å². The molecule has 2 N–H and O–H groups in total. The monoisotopic (exact) mass is 299 g/mol. The van der Waals surface area contributed by atoms with Gasteiger partial charge in [-0.2, -0.15) is 0 Å². The Morgan fingerprint density at radius 1 is 1.19 bits per heavy atom. The van der Waals surface area contributed by atoms with Crippen LogP contribution in [0.5, 0.6) is 0 Å². The minimum absolute atomic E-state index is 0.732. The Labute approximate surface area is 129 Å². The molecule has 108 valence electrons. The molecule has 0 aliphatic rings. The van der Waals surface area contributed by atoms with E-state index in [9.17, 15) is 0 Å². The Morgan fingerprint density at radius 2 is 2.00 bits per heavy atom. The van der Waals surface area contributed by atoms with Crippen LogP contribution in [0.25, 0.3) is 16.7 Å². The lowest BCUT2D eigenvalue weighted by Gasteiger charge is -2.12. The number of benzene rings is 2. The summed E-state index contributed by atoms with van der Waals surface area (Å²) in [4.78, 5) is 4.75. The second-order valence-corrected chi connectivity index (χ2v) is 5.73. The van der Waals surface area contributed by atoms with Crippen molar-refractivity contribution in [2.75, 3.05) is 5.73 Å². The lowest BCUT2D eigenvalue weighted by Crippen LogP contribution is -2.03. The standard InChI is InChI=1S/C17H18ClN3/c1-3-4-17-20-14-10-13(19)7-8-15(14)21(17)16-9-12(18)6-5-11(16)2/h5-10H,3-4,19H2,1-2H3. The van der Waals surface area contributed by atoms with Gasteiger partial charge in [-0.1, -0.05) is 24.6 Å². The van der Waals surface area contributed by atoms with E-state index < -0.39 is 0 Å². The second kappa shape index (κ2) is 5.41. The molecule has 1 aromatic heterocycles. The van der Waals surface area contributed by atoms with Gasteiger partial charge >= 0.3 is 0 Å². The van der Waals surface area contributed by atoms with Gasteiger partial charge in [-0.3, -0.25) is 4.57 Å². The molecule has 0 fully saturated rings. The van der Waals surface area contributed by atoms with E-state index in [1.165, 1.54) is 5.56 Å². The molecule has 3 aromatic rings. The van der Waals surface area contributed by atoms with Gasteiger partial charge in [-0.05, 0) is 49.2 Å². The predicted molar refractivity (Wildman–Crippen MR) is 89.2 cm³/mol. The molecule has 0 amide bonds. The second-order valence-electron chi connectivity index (χ2n) is 5.29.